The van der Waals surface area contributed by atoms with Gasteiger partial charge in [-0.1, -0.05) is 19.8 Å². The summed E-state index contributed by atoms with van der Waals surface area (Å²) in [5.41, 5.74) is 6.29. The van der Waals surface area contributed by atoms with Gasteiger partial charge in [-0.15, -0.1) is 0 Å². The second-order valence-electron chi connectivity index (χ2n) is 7.06. The van der Waals surface area contributed by atoms with Crippen LogP contribution in [0.2, 0.25) is 0 Å². The van der Waals surface area contributed by atoms with E-state index in [1.165, 1.54) is 12.8 Å². The van der Waals surface area contributed by atoms with Crippen LogP contribution in [0.4, 0.5) is 0 Å². The fourth-order valence-corrected chi connectivity index (χ4v) is 4.41. The second-order valence-corrected chi connectivity index (χ2v) is 7.06. The van der Waals surface area contributed by atoms with Crippen LogP contribution in [0.15, 0.2) is 0 Å². The highest BCUT2D eigenvalue weighted by Gasteiger charge is 2.49. The number of carbonyl (C=O) groups is 1. The monoisotopic (exact) mass is 311 g/mol. The largest absolute Gasteiger partial charge is 0.462 e. The van der Waals surface area contributed by atoms with E-state index in [2.05, 4.69) is 6.92 Å². The molecule has 126 valence electrons. The van der Waals surface area contributed by atoms with Crippen LogP contribution in [0.5, 0.6) is 0 Å². The highest BCUT2D eigenvalue weighted by molar-refractivity contribution is 5.72. The van der Waals surface area contributed by atoms with Gasteiger partial charge in [0.2, 0.25) is 0 Å². The van der Waals surface area contributed by atoms with Gasteiger partial charge in [-0.2, -0.15) is 0 Å². The second kappa shape index (κ2) is 6.85. The summed E-state index contributed by atoms with van der Waals surface area (Å²) in [4.78, 5) is 11.5. The minimum atomic E-state index is -0.406. The molecule has 3 aliphatic rings. The minimum Gasteiger partial charge on any atom is -0.462 e. The normalized spacial score (nSPS) is 36.5. The van der Waals surface area contributed by atoms with Gasteiger partial charge >= 0.3 is 5.97 Å². The first-order chi connectivity index (χ1) is 10.6. The van der Waals surface area contributed by atoms with E-state index in [-0.39, 0.29) is 18.1 Å². The number of nitrogens with two attached hydrogens (primary N) is 1. The van der Waals surface area contributed by atoms with Crippen LogP contribution in [0.25, 0.3) is 0 Å². The molecule has 0 amide bonds. The molecule has 1 aliphatic carbocycles. The third-order valence-corrected chi connectivity index (χ3v) is 5.60. The molecular weight excluding hydrogens is 282 g/mol. The lowest BCUT2D eigenvalue weighted by Crippen LogP contribution is -2.34. The van der Waals surface area contributed by atoms with Crippen LogP contribution in [0, 0.1) is 11.8 Å². The van der Waals surface area contributed by atoms with Gasteiger partial charge in [-0.25, -0.2) is 0 Å². The third kappa shape index (κ3) is 3.31. The molecule has 0 aromatic rings. The molecule has 3 fully saturated rings. The Morgan fingerprint density at radius 3 is 2.73 bits per heavy atom. The Morgan fingerprint density at radius 2 is 2.00 bits per heavy atom. The molecule has 1 saturated carbocycles. The van der Waals surface area contributed by atoms with Gasteiger partial charge in [0.15, 0.2) is 5.79 Å². The SMILES string of the molecule is CCCCCC1(CC[C@H]2C(N)CC3OC(=O)C[C@@H]32)OCCO1. The predicted molar refractivity (Wildman–Crippen MR) is 82.1 cm³/mol. The molecular formula is C17H29NO4. The highest BCUT2D eigenvalue weighted by Crippen LogP contribution is 2.44. The molecule has 2 aliphatic heterocycles. The van der Waals surface area contributed by atoms with Crippen molar-refractivity contribution in [2.45, 2.75) is 76.2 Å². The van der Waals surface area contributed by atoms with Crippen LogP contribution in [0.1, 0.15) is 58.3 Å². The molecule has 2 unspecified atom stereocenters. The van der Waals surface area contributed by atoms with Crippen LogP contribution >= 0.6 is 0 Å². The number of carbonyl (C=O) groups excluding carboxylic acids is 1. The van der Waals surface area contributed by atoms with Crippen molar-refractivity contribution >= 4 is 5.97 Å². The molecule has 3 rings (SSSR count). The van der Waals surface area contributed by atoms with Crippen LogP contribution < -0.4 is 5.73 Å². The zero-order valence-electron chi connectivity index (χ0n) is 13.6. The lowest BCUT2D eigenvalue weighted by Gasteiger charge is -2.30. The molecule has 5 nitrogen and oxygen atoms in total. The Balaban J connectivity index is 1.56. The maximum absolute atomic E-state index is 11.5. The highest BCUT2D eigenvalue weighted by atomic mass is 16.7. The van der Waals surface area contributed by atoms with Gasteiger partial charge in [-0.3, -0.25) is 4.79 Å². The average Bonchev–Trinajstić information content (AvgIpc) is 3.13. The Bertz CT molecular complexity index is 394. The molecule has 2 heterocycles. The number of hydrogen-bond acceptors (Lipinski definition) is 5. The van der Waals surface area contributed by atoms with E-state index in [0.717, 1.165) is 32.1 Å². The molecule has 0 aromatic heterocycles. The maximum atomic E-state index is 11.5. The van der Waals surface area contributed by atoms with Gasteiger partial charge < -0.3 is 19.9 Å². The van der Waals surface area contributed by atoms with Crippen LogP contribution in [-0.2, 0) is 19.0 Å². The van der Waals surface area contributed by atoms with E-state index in [1.54, 1.807) is 0 Å². The first kappa shape index (κ1) is 16.2. The predicted octanol–water partition coefficient (Wildman–Crippen LogP) is 2.37. The fourth-order valence-electron chi connectivity index (χ4n) is 4.41. The zero-order valence-corrected chi connectivity index (χ0v) is 13.6. The number of fused-ring (bicyclic) bond motifs is 1. The molecule has 2 saturated heterocycles. The van der Waals surface area contributed by atoms with Crippen molar-refractivity contribution in [2.75, 3.05) is 13.2 Å². The summed E-state index contributed by atoms with van der Waals surface area (Å²) < 4.78 is 17.3. The van der Waals surface area contributed by atoms with Crippen LogP contribution in [-0.4, -0.2) is 37.1 Å². The van der Waals surface area contributed by atoms with E-state index in [9.17, 15) is 4.79 Å². The quantitative estimate of drug-likeness (QED) is 0.577. The lowest BCUT2D eigenvalue weighted by atomic mass is 9.85. The first-order valence-electron chi connectivity index (χ1n) is 8.86. The van der Waals surface area contributed by atoms with E-state index < -0.39 is 5.79 Å². The zero-order chi connectivity index (χ0) is 15.6. The number of unbranched alkanes of at least 4 members (excludes halogenated alkanes) is 2. The van der Waals surface area contributed by atoms with E-state index in [1.807, 2.05) is 0 Å². The smallest absolute Gasteiger partial charge is 0.306 e. The van der Waals surface area contributed by atoms with Crippen molar-refractivity contribution in [3.05, 3.63) is 0 Å². The molecule has 0 radical (unpaired) electrons. The Morgan fingerprint density at radius 1 is 1.23 bits per heavy atom. The first-order valence-corrected chi connectivity index (χ1v) is 8.86. The maximum Gasteiger partial charge on any atom is 0.306 e. The molecule has 5 heteroatoms. The molecule has 2 N–H and O–H groups in total. The number of hydrogen-bond donors (Lipinski definition) is 1. The standard InChI is InChI=1S/C17H29NO4/c1-2-3-4-6-17(20-8-9-21-17)7-5-12-13-10-16(19)22-15(13)11-14(12)18/h12-15H,2-11,18H2,1H3/t12-,13-,14?,15?/m1/s1. The van der Waals surface area contributed by atoms with Crippen molar-refractivity contribution in [1.82, 2.24) is 0 Å². The number of esters is 1. The molecule has 0 bridgehead atoms. The van der Waals surface area contributed by atoms with Crippen molar-refractivity contribution < 1.29 is 19.0 Å². The van der Waals surface area contributed by atoms with Crippen LogP contribution in [0.3, 0.4) is 0 Å². The average molecular weight is 311 g/mol. The van der Waals surface area contributed by atoms with E-state index >= 15 is 0 Å². The lowest BCUT2D eigenvalue weighted by molar-refractivity contribution is -0.170. The number of ether oxygens (including phenoxy) is 3. The van der Waals surface area contributed by atoms with Gasteiger partial charge in [0.05, 0.1) is 19.6 Å². The summed E-state index contributed by atoms with van der Waals surface area (Å²) in [7, 11) is 0. The van der Waals surface area contributed by atoms with Crippen molar-refractivity contribution in [3.8, 4) is 0 Å². The van der Waals surface area contributed by atoms with Crippen molar-refractivity contribution in [2.24, 2.45) is 17.6 Å². The van der Waals surface area contributed by atoms with Gasteiger partial charge in [0.1, 0.15) is 6.10 Å². The molecule has 22 heavy (non-hydrogen) atoms. The molecule has 4 atom stereocenters. The van der Waals surface area contributed by atoms with Crippen molar-refractivity contribution in [1.29, 1.82) is 0 Å². The van der Waals surface area contributed by atoms with Gasteiger partial charge in [0.25, 0.3) is 0 Å². The van der Waals surface area contributed by atoms with Gasteiger partial charge in [0, 0.05) is 31.2 Å². The van der Waals surface area contributed by atoms with E-state index in [4.69, 9.17) is 19.9 Å². The third-order valence-electron chi connectivity index (χ3n) is 5.60. The number of rotatable bonds is 7. The summed E-state index contributed by atoms with van der Waals surface area (Å²) in [5.74, 6) is 0.193. The summed E-state index contributed by atoms with van der Waals surface area (Å²) >= 11 is 0. The summed E-state index contributed by atoms with van der Waals surface area (Å²) in [6.45, 7) is 3.59. The Kier molecular flexibility index (Phi) is 5.05. The minimum absolute atomic E-state index is 0.0500. The Hall–Kier alpha value is -0.650. The van der Waals surface area contributed by atoms with E-state index in [0.29, 0.717) is 31.5 Å². The fraction of sp³-hybridized carbons (Fsp3) is 0.941. The van der Waals surface area contributed by atoms with Crippen molar-refractivity contribution in [3.63, 3.8) is 0 Å². The summed E-state index contributed by atoms with van der Waals surface area (Å²) in [5, 5.41) is 0. The molecule has 0 spiro atoms. The van der Waals surface area contributed by atoms with Gasteiger partial charge in [-0.05, 0) is 18.8 Å². The summed E-state index contributed by atoms with van der Waals surface area (Å²) in [6, 6.07) is 0.136. The molecule has 0 aromatic carbocycles. The Labute approximate surface area is 132 Å². The summed E-state index contributed by atoms with van der Waals surface area (Å²) in [6.07, 6.45) is 7.76. The topological polar surface area (TPSA) is 70.8 Å².